The van der Waals surface area contributed by atoms with Crippen molar-refractivity contribution in [2.24, 2.45) is 0 Å². The van der Waals surface area contributed by atoms with Crippen LogP contribution in [0.5, 0.6) is 0 Å². The van der Waals surface area contributed by atoms with Crippen LogP contribution < -0.4 is 10.2 Å². The smallest absolute Gasteiger partial charge is 0.0750 e. The molecule has 0 spiro atoms. The van der Waals surface area contributed by atoms with E-state index < -0.39 is 0 Å². The van der Waals surface area contributed by atoms with Crippen LogP contribution in [0, 0.1) is 0 Å². The molecule has 1 aliphatic rings. The highest BCUT2D eigenvalue weighted by Gasteiger charge is 2.18. The number of hydrogen-bond acceptors (Lipinski definition) is 3. The number of nitrogens with one attached hydrogen (secondary N) is 1. The lowest BCUT2D eigenvalue weighted by molar-refractivity contribution is 0.115. The Balaban J connectivity index is 1.98. The van der Waals surface area contributed by atoms with Crippen LogP contribution in [0.4, 0.5) is 5.69 Å². The minimum atomic E-state index is 0.412. The molecule has 112 valence electrons. The molecular weight excluding hydrogens is 248 g/mol. The fourth-order valence-corrected chi connectivity index (χ4v) is 2.85. The van der Waals surface area contributed by atoms with Gasteiger partial charge in [-0.2, -0.15) is 0 Å². The molecule has 1 saturated heterocycles. The van der Waals surface area contributed by atoms with Crippen LogP contribution in [0.25, 0.3) is 0 Å². The molecule has 2 unspecified atom stereocenters. The molecule has 0 saturated carbocycles. The van der Waals surface area contributed by atoms with Gasteiger partial charge in [0.25, 0.3) is 0 Å². The Labute approximate surface area is 123 Å². The van der Waals surface area contributed by atoms with Crippen LogP contribution in [-0.2, 0) is 4.74 Å². The first-order chi connectivity index (χ1) is 9.74. The number of likely N-dealkylation sites (N-methyl/N-ethyl adjacent to an activating group) is 1. The normalized spacial score (nSPS) is 20.1. The second kappa shape index (κ2) is 7.65. The van der Waals surface area contributed by atoms with Gasteiger partial charge in [-0.15, -0.1) is 0 Å². The van der Waals surface area contributed by atoms with Crippen molar-refractivity contribution in [1.82, 2.24) is 5.32 Å². The van der Waals surface area contributed by atoms with E-state index in [1.54, 1.807) is 0 Å². The summed E-state index contributed by atoms with van der Waals surface area (Å²) in [6, 6.07) is 9.37. The van der Waals surface area contributed by atoms with Crippen molar-refractivity contribution >= 4 is 5.69 Å². The summed E-state index contributed by atoms with van der Waals surface area (Å²) in [5, 5.41) is 3.45. The third-order valence-electron chi connectivity index (χ3n) is 4.10. The summed E-state index contributed by atoms with van der Waals surface area (Å²) in [5.74, 6) is 0. The lowest BCUT2D eigenvalue weighted by Crippen LogP contribution is -2.32. The third kappa shape index (κ3) is 3.97. The first-order valence-electron chi connectivity index (χ1n) is 7.94. The highest BCUT2D eigenvalue weighted by molar-refractivity contribution is 5.48. The van der Waals surface area contributed by atoms with Crippen molar-refractivity contribution < 1.29 is 4.74 Å². The Kier molecular flexibility index (Phi) is 5.86. The summed E-state index contributed by atoms with van der Waals surface area (Å²) >= 11 is 0. The maximum Gasteiger partial charge on any atom is 0.0750 e. The van der Waals surface area contributed by atoms with Crippen molar-refractivity contribution in [2.45, 2.75) is 45.8 Å². The molecule has 1 aromatic rings. The summed E-state index contributed by atoms with van der Waals surface area (Å²) in [4.78, 5) is 2.41. The minimum absolute atomic E-state index is 0.412. The van der Waals surface area contributed by atoms with E-state index in [2.05, 4.69) is 55.3 Å². The van der Waals surface area contributed by atoms with E-state index in [0.29, 0.717) is 12.1 Å². The number of anilines is 1. The standard InChI is InChI=1S/C17H28N2O/c1-4-18-14(3)15-8-10-16(11-9-15)19(5-2)13-17-7-6-12-20-17/h8-11,14,17-18H,4-7,12-13H2,1-3H3. The number of benzene rings is 1. The number of hydrogen-bond donors (Lipinski definition) is 1. The molecular formula is C17H28N2O. The second-order valence-electron chi connectivity index (χ2n) is 5.54. The molecule has 3 heteroatoms. The molecule has 0 radical (unpaired) electrons. The zero-order chi connectivity index (χ0) is 14.4. The SMILES string of the molecule is CCNC(C)c1ccc(N(CC)CC2CCCO2)cc1. The van der Waals surface area contributed by atoms with E-state index in [-0.39, 0.29) is 0 Å². The van der Waals surface area contributed by atoms with E-state index in [9.17, 15) is 0 Å². The molecule has 1 aliphatic heterocycles. The van der Waals surface area contributed by atoms with E-state index in [4.69, 9.17) is 4.74 Å². The second-order valence-corrected chi connectivity index (χ2v) is 5.54. The molecule has 1 heterocycles. The number of ether oxygens (including phenoxy) is 1. The van der Waals surface area contributed by atoms with Crippen molar-refractivity contribution in [1.29, 1.82) is 0 Å². The monoisotopic (exact) mass is 276 g/mol. The number of nitrogens with zero attached hydrogens (tertiary/aromatic N) is 1. The fourth-order valence-electron chi connectivity index (χ4n) is 2.85. The van der Waals surface area contributed by atoms with Gasteiger partial charge in [0.1, 0.15) is 0 Å². The van der Waals surface area contributed by atoms with Gasteiger partial charge in [-0.3, -0.25) is 0 Å². The largest absolute Gasteiger partial charge is 0.376 e. The van der Waals surface area contributed by atoms with Crippen molar-refractivity contribution in [2.75, 3.05) is 31.1 Å². The van der Waals surface area contributed by atoms with E-state index in [1.165, 1.54) is 24.1 Å². The molecule has 0 aromatic heterocycles. The predicted molar refractivity (Wildman–Crippen MR) is 85.4 cm³/mol. The molecule has 20 heavy (non-hydrogen) atoms. The van der Waals surface area contributed by atoms with Crippen LogP contribution in [0.1, 0.15) is 45.2 Å². The van der Waals surface area contributed by atoms with Crippen LogP contribution in [0.2, 0.25) is 0 Å². The summed E-state index contributed by atoms with van der Waals surface area (Å²) < 4.78 is 5.75. The topological polar surface area (TPSA) is 24.5 Å². The van der Waals surface area contributed by atoms with Crippen molar-refractivity contribution in [3.05, 3.63) is 29.8 Å². The molecule has 1 fully saturated rings. The van der Waals surface area contributed by atoms with E-state index in [1.807, 2.05) is 0 Å². The zero-order valence-electron chi connectivity index (χ0n) is 13.1. The molecule has 0 amide bonds. The van der Waals surface area contributed by atoms with Gasteiger partial charge in [0, 0.05) is 31.4 Å². The van der Waals surface area contributed by atoms with Gasteiger partial charge in [-0.25, -0.2) is 0 Å². The molecule has 3 nitrogen and oxygen atoms in total. The lowest BCUT2D eigenvalue weighted by atomic mass is 10.1. The maximum atomic E-state index is 5.75. The summed E-state index contributed by atoms with van der Waals surface area (Å²) in [6.45, 7) is 10.5. The van der Waals surface area contributed by atoms with Crippen LogP contribution in [0.15, 0.2) is 24.3 Å². The molecule has 2 atom stereocenters. The predicted octanol–water partition coefficient (Wildman–Crippen LogP) is 3.36. The first-order valence-corrected chi connectivity index (χ1v) is 7.94. The van der Waals surface area contributed by atoms with Gasteiger partial charge in [0.05, 0.1) is 6.10 Å². The molecule has 0 aliphatic carbocycles. The Hall–Kier alpha value is -1.06. The highest BCUT2D eigenvalue weighted by atomic mass is 16.5. The summed E-state index contributed by atoms with van der Waals surface area (Å²) in [6.07, 6.45) is 2.82. The van der Waals surface area contributed by atoms with Gasteiger partial charge < -0.3 is 15.0 Å². The van der Waals surface area contributed by atoms with Crippen LogP contribution >= 0.6 is 0 Å². The van der Waals surface area contributed by atoms with Gasteiger partial charge in [-0.1, -0.05) is 19.1 Å². The quantitative estimate of drug-likeness (QED) is 0.826. The van der Waals surface area contributed by atoms with Gasteiger partial charge >= 0.3 is 0 Å². The third-order valence-corrected chi connectivity index (χ3v) is 4.10. The Morgan fingerprint density at radius 1 is 1.30 bits per heavy atom. The Morgan fingerprint density at radius 2 is 2.05 bits per heavy atom. The molecule has 0 bridgehead atoms. The zero-order valence-corrected chi connectivity index (χ0v) is 13.1. The van der Waals surface area contributed by atoms with E-state index >= 15 is 0 Å². The summed E-state index contributed by atoms with van der Waals surface area (Å²) in [7, 11) is 0. The highest BCUT2D eigenvalue weighted by Crippen LogP contribution is 2.21. The van der Waals surface area contributed by atoms with Crippen LogP contribution in [0.3, 0.4) is 0 Å². The van der Waals surface area contributed by atoms with Gasteiger partial charge in [0.15, 0.2) is 0 Å². The van der Waals surface area contributed by atoms with Gasteiger partial charge in [0.2, 0.25) is 0 Å². The Bertz CT molecular complexity index is 384. The van der Waals surface area contributed by atoms with Crippen molar-refractivity contribution in [3.63, 3.8) is 0 Å². The van der Waals surface area contributed by atoms with Gasteiger partial charge in [-0.05, 0) is 50.9 Å². The lowest BCUT2D eigenvalue weighted by Gasteiger charge is -2.26. The first kappa shape index (κ1) is 15.3. The average molecular weight is 276 g/mol. The van der Waals surface area contributed by atoms with E-state index in [0.717, 1.165) is 26.2 Å². The molecule has 2 rings (SSSR count). The average Bonchev–Trinajstić information content (AvgIpc) is 2.98. The maximum absolute atomic E-state index is 5.75. The molecule has 1 aromatic carbocycles. The van der Waals surface area contributed by atoms with Crippen LogP contribution in [-0.4, -0.2) is 32.3 Å². The Morgan fingerprint density at radius 3 is 2.60 bits per heavy atom. The molecule has 1 N–H and O–H groups in total. The number of rotatable bonds is 7. The van der Waals surface area contributed by atoms with Crippen molar-refractivity contribution in [3.8, 4) is 0 Å². The minimum Gasteiger partial charge on any atom is -0.376 e. The summed E-state index contributed by atoms with van der Waals surface area (Å²) in [5.41, 5.74) is 2.65. The fraction of sp³-hybridized carbons (Fsp3) is 0.647.